The normalized spacial score (nSPS) is 10.5. The molecule has 22 heavy (non-hydrogen) atoms. The first-order valence-electron chi connectivity index (χ1n) is 6.30. The summed E-state index contributed by atoms with van der Waals surface area (Å²) in [5.41, 5.74) is 1.43. The van der Waals surface area contributed by atoms with Crippen molar-refractivity contribution in [2.24, 2.45) is 0 Å². The van der Waals surface area contributed by atoms with Gasteiger partial charge in [0.15, 0.2) is 22.5 Å². The SMILES string of the molecule is COc1c2nc(CC#N)oc2c(OC)c2nc(CC#N)oc12. The molecule has 0 saturated heterocycles. The molecule has 0 aliphatic carbocycles. The lowest BCUT2D eigenvalue weighted by molar-refractivity contribution is 0.404. The number of nitrogens with zero attached hydrogens (tertiary/aromatic N) is 4. The van der Waals surface area contributed by atoms with Crippen LogP contribution in [-0.4, -0.2) is 24.2 Å². The zero-order valence-corrected chi connectivity index (χ0v) is 11.8. The van der Waals surface area contributed by atoms with Gasteiger partial charge in [0.1, 0.15) is 12.8 Å². The Morgan fingerprint density at radius 1 is 0.864 bits per heavy atom. The van der Waals surface area contributed by atoms with Gasteiger partial charge < -0.3 is 18.3 Å². The molecule has 2 heterocycles. The van der Waals surface area contributed by atoms with E-state index in [1.165, 1.54) is 14.2 Å². The third-order valence-corrected chi connectivity index (χ3v) is 3.05. The average molecular weight is 298 g/mol. The van der Waals surface area contributed by atoms with Crippen LogP contribution in [0.3, 0.4) is 0 Å². The van der Waals surface area contributed by atoms with Crippen LogP contribution in [0.25, 0.3) is 22.2 Å². The maximum Gasteiger partial charge on any atom is 0.210 e. The highest BCUT2D eigenvalue weighted by molar-refractivity contribution is 6.03. The molecule has 0 amide bonds. The zero-order valence-electron chi connectivity index (χ0n) is 11.8. The monoisotopic (exact) mass is 298 g/mol. The summed E-state index contributed by atoms with van der Waals surface area (Å²) in [6, 6.07) is 3.94. The van der Waals surface area contributed by atoms with Crippen molar-refractivity contribution >= 4 is 22.2 Å². The molecule has 3 rings (SSSR count). The van der Waals surface area contributed by atoms with Crippen LogP contribution >= 0.6 is 0 Å². The van der Waals surface area contributed by atoms with E-state index < -0.39 is 0 Å². The zero-order chi connectivity index (χ0) is 15.7. The van der Waals surface area contributed by atoms with Crippen LogP contribution in [0, 0.1) is 22.7 Å². The van der Waals surface area contributed by atoms with Gasteiger partial charge in [0.2, 0.25) is 22.9 Å². The maximum atomic E-state index is 8.77. The summed E-state index contributed by atoms with van der Waals surface area (Å²) in [7, 11) is 2.93. The van der Waals surface area contributed by atoms with Gasteiger partial charge >= 0.3 is 0 Å². The second kappa shape index (κ2) is 5.26. The number of fused-ring (bicyclic) bond motifs is 2. The van der Waals surface area contributed by atoms with Gasteiger partial charge in [-0.25, -0.2) is 9.97 Å². The van der Waals surface area contributed by atoms with Gasteiger partial charge in [-0.1, -0.05) is 0 Å². The Morgan fingerprint density at radius 2 is 1.27 bits per heavy atom. The number of aromatic nitrogens is 2. The maximum absolute atomic E-state index is 8.77. The molecular formula is C14H10N4O4. The van der Waals surface area contributed by atoms with E-state index in [1.54, 1.807) is 0 Å². The van der Waals surface area contributed by atoms with Crippen molar-refractivity contribution in [3.8, 4) is 23.6 Å². The van der Waals surface area contributed by atoms with Crippen LogP contribution in [-0.2, 0) is 12.8 Å². The first-order valence-corrected chi connectivity index (χ1v) is 6.30. The van der Waals surface area contributed by atoms with E-state index in [0.717, 1.165) is 0 Å². The van der Waals surface area contributed by atoms with Crippen molar-refractivity contribution in [2.75, 3.05) is 14.2 Å². The molecule has 0 aliphatic rings. The fourth-order valence-electron chi connectivity index (χ4n) is 2.22. The summed E-state index contributed by atoms with van der Waals surface area (Å²) in [5, 5.41) is 17.5. The summed E-state index contributed by atoms with van der Waals surface area (Å²) in [6.45, 7) is 0. The Hall–Kier alpha value is -3.26. The first kappa shape index (κ1) is 13.7. The number of hydrogen-bond acceptors (Lipinski definition) is 8. The minimum Gasteiger partial charge on any atom is -0.491 e. The Labute approximate surface area is 124 Å². The second-order valence-electron chi connectivity index (χ2n) is 4.31. The molecule has 0 radical (unpaired) electrons. The van der Waals surface area contributed by atoms with Gasteiger partial charge in [0.05, 0.1) is 26.4 Å². The van der Waals surface area contributed by atoms with E-state index in [1.807, 2.05) is 12.1 Å². The Kier molecular flexibility index (Phi) is 3.28. The molecule has 0 N–H and O–H groups in total. The van der Waals surface area contributed by atoms with Gasteiger partial charge in [-0.3, -0.25) is 0 Å². The fraction of sp³-hybridized carbons (Fsp3) is 0.286. The Bertz CT molecular complexity index is 811. The van der Waals surface area contributed by atoms with Crippen molar-refractivity contribution in [2.45, 2.75) is 12.8 Å². The molecule has 0 fully saturated rings. The molecule has 0 unspecified atom stereocenters. The lowest BCUT2D eigenvalue weighted by Gasteiger charge is -2.04. The molecular weight excluding hydrogens is 288 g/mol. The standard InChI is InChI=1S/C14H10N4O4/c1-19-11-9-14(22-7(17-9)3-5-15)12(20-2)10-13(11)21-8(18-10)4-6-16/h3-4H2,1-2H3. The van der Waals surface area contributed by atoms with Gasteiger partial charge in [-0.2, -0.15) is 10.5 Å². The number of rotatable bonds is 4. The Morgan fingerprint density at radius 3 is 1.59 bits per heavy atom. The molecule has 2 aromatic heterocycles. The minimum absolute atomic E-state index is 0.0233. The predicted octanol–water partition coefficient (Wildman–Crippen LogP) is 2.12. The lowest BCUT2D eigenvalue weighted by atomic mass is 10.2. The largest absolute Gasteiger partial charge is 0.491 e. The van der Waals surface area contributed by atoms with E-state index in [0.29, 0.717) is 33.7 Å². The number of benzene rings is 1. The van der Waals surface area contributed by atoms with Crippen molar-refractivity contribution in [3.05, 3.63) is 11.8 Å². The molecule has 0 atom stereocenters. The number of nitriles is 2. The summed E-state index contributed by atoms with van der Waals surface area (Å²) < 4.78 is 21.8. The van der Waals surface area contributed by atoms with Gasteiger partial charge in [0.25, 0.3) is 0 Å². The molecule has 0 saturated carbocycles. The third kappa shape index (κ3) is 1.90. The van der Waals surface area contributed by atoms with Crippen LogP contribution in [0.5, 0.6) is 11.5 Å². The highest BCUT2D eigenvalue weighted by atomic mass is 16.5. The van der Waals surface area contributed by atoms with E-state index >= 15 is 0 Å². The molecule has 0 aliphatic heterocycles. The fourth-order valence-corrected chi connectivity index (χ4v) is 2.22. The van der Waals surface area contributed by atoms with Crippen molar-refractivity contribution in [1.29, 1.82) is 10.5 Å². The highest BCUT2D eigenvalue weighted by Gasteiger charge is 2.25. The van der Waals surface area contributed by atoms with Gasteiger partial charge in [-0.05, 0) is 0 Å². The summed E-state index contributed by atoms with van der Waals surface area (Å²) in [5.74, 6) is 1.16. The smallest absolute Gasteiger partial charge is 0.210 e. The van der Waals surface area contributed by atoms with Crippen LogP contribution < -0.4 is 9.47 Å². The Balaban J connectivity index is 2.40. The summed E-state index contributed by atoms with van der Waals surface area (Å²) in [4.78, 5) is 8.48. The molecule has 8 heteroatoms. The molecule has 0 spiro atoms. The van der Waals surface area contributed by atoms with Crippen LogP contribution in [0.2, 0.25) is 0 Å². The number of ether oxygens (including phenoxy) is 2. The highest BCUT2D eigenvalue weighted by Crippen LogP contribution is 2.42. The van der Waals surface area contributed by atoms with Crippen molar-refractivity contribution in [3.63, 3.8) is 0 Å². The summed E-state index contributed by atoms with van der Waals surface area (Å²) >= 11 is 0. The minimum atomic E-state index is 0.0233. The van der Waals surface area contributed by atoms with Crippen molar-refractivity contribution < 1.29 is 18.3 Å². The number of methoxy groups -OCH3 is 2. The average Bonchev–Trinajstić information content (AvgIpc) is 3.09. The predicted molar refractivity (Wildman–Crippen MR) is 73.3 cm³/mol. The molecule has 0 bridgehead atoms. The van der Waals surface area contributed by atoms with E-state index in [2.05, 4.69) is 9.97 Å². The lowest BCUT2D eigenvalue weighted by Crippen LogP contribution is -1.90. The molecule has 3 aromatic rings. The summed E-state index contributed by atoms with van der Waals surface area (Å²) in [6.07, 6.45) is 0.0466. The van der Waals surface area contributed by atoms with Crippen molar-refractivity contribution in [1.82, 2.24) is 9.97 Å². The van der Waals surface area contributed by atoms with E-state index in [9.17, 15) is 0 Å². The molecule has 110 valence electrons. The van der Waals surface area contributed by atoms with Crippen LogP contribution in [0.1, 0.15) is 11.8 Å². The van der Waals surface area contributed by atoms with E-state index in [-0.39, 0.29) is 24.6 Å². The van der Waals surface area contributed by atoms with Crippen LogP contribution in [0.15, 0.2) is 8.83 Å². The number of hydrogen-bond donors (Lipinski definition) is 0. The third-order valence-electron chi connectivity index (χ3n) is 3.05. The van der Waals surface area contributed by atoms with Gasteiger partial charge in [-0.15, -0.1) is 0 Å². The van der Waals surface area contributed by atoms with E-state index in [4.69, 9.17) is 28.8 Å². The first-order chi connectivity index (χ1) is 10.7. The topological polar surface area (TPSA) is 118 Å². The quantitative estimate of drug-likeness (QED) is 0.718. The second-order valence-corrected chi connectivity index (χ2v) is 4.31. The molecule has 1 aromatic carbocycles. The van der Waals surface area contributed by atoms with Gasteiger partial charge in [0, 0.05) is 0 Å². The number of oxazole rings is 2. The molecule has 8 nitrogen and oxygen atoms in total. The van der Waals surface area contributed by atoms with Crippen LogP contribution in [0.4, 0.5) is 0 Å².